The van der Waals surface area contributed by atoms with Gasteiger partial charge in [0, 0.05) is 42.8 Å². The molecule has 0 aliphatic carbocycles. The van der Waals surface area contributed by atoms with Gasteiger partial charge in [-0.25, -0.2) is 0 Å². The Balaban J connectivity index is 1.43. The van der Waals surface area contributed by atoms with E-state index in [9.17, 15) is 4.79 Å². The molecule has 7 nitrogen and oxygen atoms in total. The Morgan fingerprint density at radius 1 is 1.18 bits per heavy atom. The van der Waals surface area contributed by atoms with Crippen LogP contribution in [0.2, 0.25) is 0 Å². The molecule has 0 spiro atoms. The molecule has 0 saturated carbocycles. The summed E-state index contributed by atoms with van der Waals surface area (Å²) in [5, 5.41) is 14.1. The van der Waals surface area contributed by atoms with E-state index in [4.69, 9.17) is 4.74 Å². The van der Waals surface area contributed by atoms with Crippen molar-refractivity contribution < 1.29 is 9.53 Å². The minimum absolute atomic E-state index is 0.104. The maximum absolute atomic E-state index is 12.9. The first-order chi connectivity index (χ1) is 16.0. The molecule has 3 aromatic rings. The molecular formula is C26H33N5O2. The van der Waals surface area contributed by atoms with E-state index >= 15 is 0 Å². The van der Waals surface area contributed by atoms with Crippen LogP contribution in [-0.4, -0.2) is 52.8 Å². The normalized spacial score (nSPS) is 18.5. The molecule has 3 N–H and O–H groups in total. The highest BCUT2D eigenvalue weighted by Gasteiger charge is 2.36. The lowest BCUT2D eigenvalue weighted by Gasteiger charge is -2.24. The van der Waals surface area contributed by atoms with Crippen LogP contribution in [0.3, 0.4) is 0 Å². The number of ether oxygens (including phenoxy) is 1. The number of H-pyrrole nitrogens is 1. The van der Waals surface area contributed by atoms with Gasteiger partial charge in [0.25, 0.3) is 0 Å². The number of nitrogens with zero attached hydrogens (tertiary/aromatic N) is 2. The Hall–Kier alpha value is -3.16. The smallest absolute Gasteiger partial charge is 0.237 e. The van der Waals surface area contributed by atoms with E-state index in [0.717, 1.165) is 42.1 Å². The number of benzene rings is 2. The van der Waals surface area contributed by atoms with E-state index in [-0.39, 0.29) is 24.0 Å². The van der Waals surface area contributed by atoms with Gasteiger partial charge < -0.3 is 15.4 Å². The molecule has 174 valence electrons. The van der Waals surface area contributed by atoms with Gasteiger partial charge in [0.15, 0.2) is 0 Å². The fourth-order valence-corrected chi connectivity index (χ4v) is 4.40. The van der Waals surface area contributed by atoms with Gasteiger partial charge in [-0.15, -0.1) is 0 Å². The highest BCUT2D eigenvalue weighted by atomic mass is 16.5. The second-order valence-corrected chi connectivity index (χ2v) is 8.91. The molecule has 2 atom stereocenters. The van der Waals surface area contributed by atoms with Crippen LogP contribution in [0.5, 0.6) is 5.75 Å². The molecule has 1 aliphatic rings. The molecule has 0 radical (unpaired) electrons. The zero-order valence-electron chi connectivity index (χ0n) is 19.5. The minimum atomic E-state index is -0.143. The average molecular weight is 448 g/mol. The van der Waals surface area contributed by atoms with E-state index in [2.05, 4.69) is 37.9 Å². The number of carbonyl (C=O) groups is 1. The molecule has 1 aromatic heterocycles. The van der Waals surface area contributed by atoms with Crippen molar-refractivity contribution in [3.05, 3.63) is 71.9 Å². The molecule has 0 unspecified atom stereocenters. The average Bonchev–Trinajstić information content (AvgIpc) is 3.45. The highest BCUT2D eigenvalue weighted by Crippen LogP contribution is 2.25. The van der Waals surface area contributed by atoms with Crippen LogP contribution in [0.25, 0.3) is 11.3 Å². The standard InChI is InChI=1S/C26H33N5O2/c1-18(2)29-26(32)24-13-22(17-31(24)16-19-7-5-4-6-8-19)27-14-21-15-28-30-25(21)20-9-11-23(33-3)12-10-20/h4-12,15,18,22,24,27H,13-14,16-17H2,1-3H3,(H,28,30)(H,29,32)/t22-,24+/m1/s1. The first-order valence-corrected chi connectivity index (χ1v) is 11.5. The summed E-state index contributed by atoms with van der Waals surface area (Å²) >= 11 is 0. The summed E-state index contributed by atoms with van der Waals surface area (Å²) in [7, 11) is 1.66. The number of rotatable bonds is 9. The third-order valence-corrected chi connectivity index (χ3v) is 6.04. The molecule has 33 heavy (non-hydrogen) atoms. The summed E-state index contributed by atoms with van der Waals surface area (Å²) in [4.78, 5) is 15.2. The van der Waals surface area contributed by atoms with E-state index in [1.807, 2.05) is 62.5 Å². The number of likely N-dealkylation sites (tertiary alicyclic amines) is 1. The Labute approximate surface area is 195 Å². The van der Waals surface area contributed by atoms with Crippen LogP contribution in [-0.2, 0) is 17.9 Å². The highest BCUT2D eigenvalue weighted by molar-refractivity contribution is 5.82. The largest absolute Gasteiger partial charge is 0.497 e. The Morgan fingerprint density at radius 2 is 1.94 bits per heavy atom. The second-order valence-electron chi connectivity index (χ2n) is 8.91. The van der Waals surface area contributed by atoms with Crippen molar-refractivity contribution in [2.75, 3.05) is 13.7 Å². The number of hydrogen-bond acceptors (Lipinski definition) is 5. The van der Waals surface area contributed by atoms with Gasteiger partial charge in [-0.3, -0.25) is 14.8 Å². The maximum Gasteiger partial charge on any atom is 0.237 e. The fourth-order valence-electron chi connectivity index (χ4n) is 4.40. The van der Waals surface area contributed by atoms with Crippen molar-refractivity contribution in [1.82, 2.24) is 25.7 Å². The van der Waals surface area contributed by atoms with Crippen LogP contribution in [0.1, 0.15) is 31.4 Å². The molecule has 0 bridgehead atoms. The summed E-state index contributed by atoms with van der Waals surface area (Å²) in [6.45, 7) is 6.27. The zero-order chi connectivity index (χ0) is 23.2. The number of carbonyl (C=O) groups excluding carboxylic acids is 1. The summed E-state index contributed by atoms with van der Waals surface area (Å²) in [6.07, 6.45) is 2.65. The SMILES string of the molecule is COc1ccc(-c2[nH]ncc2CN[C@@H]2C[C@@H](C(=O)NC(C)C)N(Cc3ccccc3)C2)cc1. The zero-order valence-corrected chi connectivity index (χ0v) is 19.5. The van der Waals surface area contributed by atoms with Crippen molar-refractivity contribution in [2.24, 2.45) is 0 Å². The number of aromatic amines is 1. The molecule has 1 amide bonds. The van der Waals surface area contributed by atoms with E-state index in [1.165, 1.54) is 5.56 Å². The van der Waals surface area contributed by atoms with Crippen LogP contribution in [0.15, 0.2) is 60.8 Å². The second kappa shape index (κ2) is 10.6. The van der Waals surface area contributed by atoms with Gasteiger partial charge in [0.05, 0.1) is 25.0 Å². The summed E-state index contributed by atoms with van der Waals surface area (Å²) in [5.41, 5.74) is 4.39. The third kappa shape index (κ3) is 5.80. The Bertz CT molecular complexity index is 1030. The molecule has 2 heterocycles. The first-order valence-electron chi connectivity index (χ1n) is 11.5. The minimum Gasteiger partial charge on any atom is -0.497 e. The van der Waals surface area contributed by atoms with Crippen LogP contribution < -0.4 is 15.4 Å². The Morgan fingerprint density at radius 3 is 2.64 bits per heavy atom. The third-order valence-electron chi connectivity index (χ3n) is 6.04. The Kier molecular flexibility index (Phi) is 7.42. The topological polar surface area (TPSA) is 82.3 Å². The lowest BCUT2D eigenvalue weighted by Crippen LogP contribution is -2.45. The number of amides is 1. The van der Waals surface area contributed by atoms with Crippen LogP contribution in [0.4, 0.5) is 0 Å². The lowest BCUT2D eigenvalue weighted by atomic mass is 10.1. The molecule has 1 fully saturated rings. The molecule has 4 rings (SSSR count). The van der Waals surface area contributed by atoms with E-state index in [1.54, 1.807) is 7.11 Å². The van der Waals surface area contributed by atoms with Crippen LogP contribution in [0, 0.1) is 0 Å². The van der Waals surface area contributed by atoms with Gasteiger partial charge in [-0.05, 0) is 50.1 Å². The van der Waals surface area contributed by atoms with Crippen molar-refractivity contribution in [1.29, 1.82) is 0 Å². The fraction of sp³-hybridized carbons (Fsp3) is 0.385. The monoisotopic (exact) mass is 447 g/mol. The number of nitrogens with one attached hydrogen (secondary N) is 3. The van der Waals surface area contributed by atoms with Gasteiger partial charge in [-0.1, -0.05) is 30.3 Å². The van der Waals surface area contributed by atoms with Gasteiger partial charge in [0.1, 0.15) is 5.75 Å². The number of methoxy groups -OCH3 is 1. The van der Waals surface area contributed by atoms with E-state index in [0.29, 0.717) is 6.54 Å². The van der Waals surface area contributed by atoms with Gasteiger partial charge in [0.2, 0.25) is 5.91 Å². The van der Waals surface area contributed by atoms with Gasteiger partial charge in [-0.2, -0.15) is 5.10 Å². The summed E-state index contributed by atoms with van der Waals surface area (Å²) in [5.74, 6) is 0.931. The maximum atomic E-state index is 12.9. The molecule has 1 aliphatic heterocycles. The summed E-state index contributed by atoms with van der Waals surface area (Å²) < 4.78 is 5.26. The predicted octanol–water partition coefficient (Wildman–Crippen LogP) is 3.34. The van der Waals surface area contributed by atoms with E-state index < -0.39 is 0 Å². The molecule has 2 aromatic carbocycles. The van der Waals surface area contributed by atoms with Crippen molar-refractivity contribution in [2.45, 2.75) is 51.5 Å². The van der Waals surface area contributed by atoms with Crippen LogP contribution >= 0.6 is 0 Å². The lowest BCUT2D eigenvalue weighted by molar-refractivity contribution is -0.126. The van der Waals surface area contributed by atoms with Crippen molar-refractivity contribution in [3.8, 4) is 17.0 Å². The first kappa shape index (κ1) is 23.0. The molecule has 1 saturated heterocycles. The van der Waals surface area contributed by atoms with Crippen molar-refractivity contribution in [3.63, 3.8) is 0 Å². The summed E-state index contributed by atoms with van der Waals surface area (Å²) in [6, 6.07) is 18.5. The van der Waals surface area contributed by atoms with Gasteiger partial charge >= 0.3 is 0 Å². The number of aromatic nitrogens is 2. The predicted molar refractivity (Wildman–Crippen MR) is 130 cm³/mol. The molecular weight excluding hydrogens is 414 g/mol. The number of hydrogen-bond donors (Lipinski definition) is 3. The van der Waals surface area contributed by atoms with Crippen molar-refractivity contribution >= 4 is 5.91 Å². The molecule has 7 heteroatoms. The quantitative estimate of drug-likeness (QED) is 0.469.